The molecule has 1 amide bonds. The smallest absolute Gasteiger partial charge is 0.241 e. The predicted octanol–water partition coefficient (Wildman–Crippen LogP) is 1.81. The van der Waals surface area contributed by atoms with Gasteiger partial charge in [0.05, 0.1) is 10.9 Å². The van der Waals surface area contributed by atoms with Crippen LogP contribution in [-0.4, -0.2) is 45.5 Å². The number of anilines is 1. The maximum atomic E-state index is 13.5. The van der Waals surface area contributed by atoms with E-state index in [1.54, 1.807) is 31.0 Å². The number of para-hydroxylation sites is 1. The van der Waals surface area contributed by atoms with E-state index < -0.39 is 21.9 Å². The zero-order valence-corrected chi connectivity index (χ0v) is 15.9. The standard InChI is InChI=1S/C18H22FN3O4S/c1-13(22(2)11-12-26-17-6-4-3-5-16(17)19)18(23)21-14-7-9-15(10-8-14)27(20,24)25/h3-10,13H,11-12H2,1-2H3,(H,21,23)(H2,20,24,25)/t13-/m1/s1. The van der Waals surface area contributed by atoms with Crippen molar-refractivity contribution < 1.29 is 22.3 Å². The number of nitrogens with two attached hydrogens (primary N) is 1. The molecule has 0 aliphatic heterocycles. The van der Waals surface area contributed by atoms with Crippen LogP contribution in [0.3, 0.4) is 0 Å². The summed E-state index contributed by atoms with van der Waals surface area (Å²) in [5.74, 6) is -0.543. The van der Waals surface area contributed by atoms with Crippen LogP contribution < -0.4 is 15.2 Å². The molecule has 0 fully saturated rings. The van der Waals surface area contributed by atoms with E-state index >= 15 is 0 Å². The molecule has 0 aliphatic carbocycles. The van der Waals surface area contributed by atoms with Gasteiger partial charge in [-0.15, -0.1) is 0 Å². The fourth-order valence-corrected chi connectivity index (χ4v) is 2.75. The van der Waals surface area contributed by atoms with Gasteiger partial charge >= 0.3 is 0 Å². The molecule has 2 aromatic rings. The Morgan fingerprint density at radius 2 is 1.85 bits per heavy atom. The first kappa shape index (κ1) is 20.8. The van der Waals surface area contributed by atoms with Gasteiger partial charge in [0, 0.05) is 12.2 Å². The number of ether oxygens (including phenoxy) is 1. The molecule has 0 bridgehead atoms. The first-order valence-electron chi connectivity index (χ1n) is 8.20. The third-order valence-corrected chi connectivity index (χ3v) is 4.96. The number of rotatable bonds is 8. The van der Waals surface area contributed by atoms with Gasteiger partial charge in [-0.05, 0) is 50.4 Å². The second-order valence-corrected chi connectivity index (χ2v) is 7.56. The fourth-order valence-electron chi connectivity index (χ4n) is 2.23. The summed E-state index contributed by atoms with van der Waals surface area (Å²) in [5.41, 5.74) is 0.454. The van der Waals surface area contributed by atoms with Crippen molar-refractivity contribution >= 4 is 21.6 Å². The summed E-state index contributed by atoms with van der Waals surface area (Å²) in [6.07, 6.45) is 0. The number of hydrogen-bond donors (Lipinski definition) is 2. The number of carbonyl (C=O) groups is 1. The lowest BCUT2D eigenvalue weighted by molar-refractivity contribution is -0.120. The Morgan fingerprint density at radius 3 is 2.44 bits per heavy atom. The minimum Gasteiger partial charge on any atom is -0.489 e. The average Bonchev–Trinajstić information content (AvgIpc) is 2.62. The Kier molecular flexibility index (Phi) is 6.89. The van der Waals surface area contributed by atoms with E-state index in [2.05, 4.69) is 5.32 Å². The summed E-state index contributed by atoms with van der Waals surface area (Å²) < 4.78 is 41.4. The Hall–Kier alpha value is -2.49. The zero-order valence-electron chi connectivity index (χ0n) is 15.1. The van der Waals surface area contributed by atoms with Gasteiger partial charge in [-0.1, -0.05) is 12.1 Å². The number of halogens is 1. The third kappa shape index (κ3) is 6.02. The molecule has 0 heterocycles. The van der Waals surface area contributed by atoms with Crippen molar-refractivity contribution in [1.82, 2.24) is 4.90 Å². The Bertz CT molecular complexity index is 888. The molecular formula is C18H22FN3O4S. The molecule has 7 nitrogen and oxygen atoms in total. The van der Waals surface area contributed by atoms with Crippen LogP contribution in [0.25, 0.3) is 0 Å². The molecule has 146 valence electrons. The second kappa shape index (κ2) is 8.94. The Morgan fingerprint density at radius 1 is 1.22 bits per heavy atom. The van der Waals surface area contributed by atoms with Crippen molar-refractivity contribution in [2.45, 2.75) is 17.9 Å². The lowest BCUT2D eigenvalue weighted by Crippen LogP contribution is -2.41. The quantitative estimate of drug-likeness (QED) is 0.710. The summed E-state index contributed by atoms with van der Waals surface area (Å²) in [6, 6.07) is 11.2. The highest BCUT2D eigenvalue weighted by molar-refractivity contribution is 7.89. The van der Waals surface area contributed by atoms with Crippen LogP contribution >= 0.6 is 0 Å². The van der Waals surface area contributed by atoms with Crippen LogP contribution in [0.1, 0.15) is 6.92 Å². The normalized spacial score (nSPS) is 12.6. The highest BCUT2D eigenvalue weighted by Gasteiger charge is 2.18. The van der Waals surface area contributed by atoms with Crippen molar-refractivity contribution in [2.75, 3.05) is 25.5 Å². The van der Waals surface area contributed by atoms with Gasteiger partial charge in [-0.25, -0.2) is 17.9 Å². The molecular weight excluding hydrogens is 373 g/mol. The molecule has 0 unspecified atom stereocenters. The number of amides is 1. The van der Waals surface area contributed by atoms with Gasteiger partial charge in [0.25, 0.3) is 0 Å². The number of primary sulfonamides is 1. The minimum absolute atomic E-state index is 0.0315. The lowest BCUT2D eigenvalue weighted by atomic mass is 10.2. The molecule has 2 aromatic carbocycles. The van der Waals surface area contributed by atoms with E-state index in [4.69, 9.17) is 9.88 Å². The number of likely N-dealkylation sites (N-methyl/N-ethyl adjacent to an activating group) is 1. The maximum absolute atomic E-state index is 13.5. The summed E-state index contributed by atoms with van der Waals surface area (Å²) in [7, 11) is -2.03. The van der Waals surface area contributed by atoms with Crippen molar-refractivity contribution in [3.63, 3.8) is 0 Å². The van der Waals surface area contributed by atoms with Crippen LogP contribution in [-0.2, 0) is 14.8 Å². The zero-order chi connectivity index (χ0) is 20.0. The van der Waals surface area contributed by atoms with E-state index in [9.17, 15) is 17.6 Å². The van der Waals surface area contributed by atoms with Gasteiger partial charge in [0.2, 0.25) is 15.9 Å². The Balaban J connectivity index is 1.85. The van der Waals surface area contributed by atoms with Gasteiger partial charge in [-0.3, -0.25) is 9.69 Å². The first-order valence-corrected chi connectivity index (χ1v) is 9.74. The predicted molar refractivity (Wildman–Crippen MR) is 100 cm³/mol. The molecule has 1 atom stereocenters. The molecule has 0 saturated carbocycles. The first-order chi connectivity index (χ1) is 12.7. The molecule has 0 spiro atoms. The number of benzene rings is 2. The summed E-state index contributed by atoms with van der Waals surface area (Å²) in [4.78, 5) is 14.1. The SMILES string of the molecule is C[C@H](C(=O)Nc1ccc(S(N)(=O)=O)cc1)N(C)CCOc1ccccc1F. The van der Waals surface area contributed by atoms with Crippen LogP contribution in [0.4, 0.5) is 10.1 Å². The third-order valence-electron chi connectivity index (χ3n) is 4.03. The molecule has 0 radical (unpaired) electrons. The molecule has 2 rings (SSSR count). The molecule has 0 saturated heterocycles. The van der Waals surface area contributed by atoms with Crippen LogP contribution in [0.15, 0.2) is 53.4 Å². The number of sulfonamides is 1. The molecule has 3 N–H and O–H groups in total. The monoisotopic (exact) mass is 395 g/mol. The molecule has 9 heteroatoms. The van der Waals surface area contributed by atoms with E-state index in [1.165, 1.54) is 36.4 Å². The number of nitrogens with zero attached hydrogens (tertiary/aromatic N) is 1. The van der Waals surface area contributed by atoms with Crippen LogP contribution in [0, 0.1) is 5.82 Å². The van der Waals surface area contributed by atoms with Crippen molar-refractivity contribution in [1.29, 1.82) is 0 Å². The van der Waals surface area contributed by atoms with E-state index in [-0.39, 0.29) is 23.2 Å². The Labute approximate surface area is 158 Å². The van der Waals surface area contributed by atoms with Gasteiger partial charge in [-0.2, -0.15) is 0 Å². The van der Waals surface area contributed by atoms with E-state index in [0.717, 1.165) is 0 Å². The number of nitrogens with one attached hydrogen (secondary N) is 1. The van der Waals surface area contributed by atoms with Gasteiger partial charge in [0.15, 0.2) is 11.6 Å². The van der Waals surface area contributed by atoms with E-state index in [0.29, 0.717) is 12.2 Å². The summed E-state index contributed by atoms with van der Waals surface area (Å²) in [5, 5.41) is 7.74. The maximum Gasteiger partial charge on any atom is 0.241 e. The lowest BCUT2D eigenvalue weighted by Gasteiger charge is -2.24. The largest absolute Gasteiger partial charge is 0.489 e. The number of carbonyl (C=O) groups excluding carboxylic acids is 1. The topological polar surface area (TPSA) is 102 Å². The molecule has 27 heavy (non-hydrogen) atoms. The average molecular weight is 395 g/mol. The van der Waals surface area contributed by atoms with Gasteiger partial charge in [0.1, 0.15) is 6.61 Å². The highest BCUT2D eigenvalue weighted by Crippen LogP contribution is 2.16. The van der Waals surface area contributed by atoms with Crippen molar-refractivity contribution in [2.24, 2.45) is 5.14 Å². The van der Waals surface area contributed by atoms with Crippen molar-refractivity contribution in [3.8, 4) is 5.75 Å². The van der Waals surface area contributed by atoms with Crippen LogP contribution in [0.5, 0.6) is 5.75 Å². The van der Waals surface area contributed by atoms with E-state index in [1.807, 2.05) is 0 Å². The molecule has 0 aromatic heterocycles. The van der Waals surface area contributed by atoms with Crippen LogP contribution in [0.2, 0.25) is 0 Å². The second-order valence-electron chi connectivity index (χ2n) is 5.99. The highest BCUT2D eigenvalue weighted by atomic mass is 32.2. The van der Waals surface area contributed by atoms with Crippen molar-refractivity contribution in [3.05, 3.63) is 54.3 Å². The fraction of sp³-hybridized carbons (Fsp3) is 0.278. The van der Waals surface area contributed by atoms with Gasteiger partial charge < -0.3 is 10.1 Å². The minimum atomic E-state index is -3.78. The summed E-state index contributed by atoms with van der Waals surface area (Å²) >= 11 is 0. The molecule has 0 aliphatic rings. The summed E-state index contributed by atoms with van der Waals surface area (Å²) in [6.45, 7) is 2.35. The number of hydrogen-bond acceptors (Lipinski definition) is 5.